The lowest BCUT2D eigenvalue weighted by Gasteiger charge is -2.30. The average Bonchev–Trinajstić information content (AvgIpc) is 3.02. The first-order valence-electron chi connectivity index (χ1n) is 6.43. The van der Waals surface area contributed by atoms with E-state index >= 15 is 0 Å². The van der Waals surface area contributed by atoms with E-state index in [1.807, 2.05) is 16.7 Å². The van der Waals surface area contributed by atoms with Gasteiger partial charge in [-0.1, -0.05) is 0 Å². The fraction of sp³-hybridized carbons (Fsp3) is 0.917. The number of hydrogen-bond acceptors (Lipinski definition) is 4. The molecule has 98 valence electrons. The van der Waals surface area contributed by atoms with Gasteiger partial charge in [-0.25, -0.2) is 0 Å². The number of nitrogens with zero attached hydrogens (tertiary/aromatic N) is 1. The van der Waals surface area contributed by atoms with Crippen molar-refractivity contribution in [2.75, 3.05) is 38.3 Å². The summed E-state index contributed by atoms with van der Waals surface area (Å²) >= 11 is 1.95. The van der Waals surface area contributed by atoms with Crippen LogP contribution in [0, 0.1) is 0 Å². The van der Waals surface area contributed by atoms with Crippen molar-refractivity contribution < 1.29 is 9.53 Å². The number of carbonyl (C=O) groups is 1. The third kappa shape index (κ3) is 3.36. The van der Waals surface area contributed by atoms with Gasteiger partial charge in [0.2, 0.25) is 5.91 Å². The lowest BCUT2D eigenvalue weighted by Crippen LogP contribution is -2.49. The molecule has 0 aromatic carbocycles. The third-order valence-corrected chi connectivity index (χ3v) is 4.67. The van der Waals surface area contributed by atoms with Crippen LogP contribution in [0.25, 0.3) is 0 Å². The van der Waals surface area contributed by atoms with Crippen LogP contribution in [-0.2, 0) is 9.53 Å². The molecule has 2 atom stereocenters. The van der Waals surface area contributed by atoms with E-state index in [0.29, 0.717) is 12.6 Å². The van der Waals surface area contributed by atoms with Crippen LogP contribution in [0.3, 0.4) is 0 Å². The highest BCUT2D eigenvalue weighted by Gasteiger charge is 2.32. The second-order valence-corrected chi connectivity index (χ2v) is 5.84. The van der Waals surface area contributed by atoms with Gasteiger partial charge in [-0.15, -0.1) is 0 Å². The van der Waals surface area contributed by atoms with Crippen LogP contribution < -0.4 is 5.32 Å². The van der Waals surface area contributed by atoms with Crippen LogP contribution in [0.5, 0.6) is 0 Å². The van der Waals surface area contributed by atoms with Crippen molar-refractivity contribution in [1.29, 1.82) is 0 Å². The lowest BCUT2D eigenvalue weighted by atomic mass is 10.1. The zero-order valence-corrected chi connectivity index (χ0v) is 11.3. The molecule has 0 aromatic heterocycles. The van der Waals surface area contributed by atoms with E-state index in [4.69, 9.17) is 4.74 Å². The first-order valence-corrected chi connectivity index (χ1v) is 7.59. The highest BCUT2D eigenvalue weighted by Crippen LogP contribution is 2.23. The molecule has 0 spiro atoms. The maximum atomic E-state index is 12.4. The van der Waals surface area contributed by atoms with E-state index in [2.05, 4.69) is 5.32 Å². The summed E-state index contributed by atoms with van der Waals surface area (Å²) in [4.78, 5) is 14.5. The molecule has 1 N–H and O–H groups in total. The fourth-order valence-corrected chi connectivity index (χ4v) is 3.75. The Kier molecular flexibility index (Phi) is 5.13. The first kappa shape index (κ1) is 13.2. The Morgan fingerprint density at radius 2 is 2.41 bits per heavy atom. The van der Waals surface area contributed by atoms with Gasteiger partial charge in [0, 0.05) is 25.4 Å². The predicted octanol–water partition coefficient (Wildman–Crippen LogP) is 0.719. The number of nitrogens with one attached hydrogen (secondary N) is 1. The van der Waals surface area contributed by atoms with Crippen molar-refractivity contribution in [3.63, 3.8) is 0 Å². The molecular formula is C12H22N2O2S. The van der Waals surface area contributed by atoms with Crippen LogP contribution in [-0.4, -0.2) is 61.2 Å². The van der Waals surface area contributed by atoms with Gasteiger partial charge in [0.15, 0.2) is 0 Å². The first-order chi connectivity index (χ1) is 8.33. The molecule has 2 saturated heterocycles. The van der Waals surface area contributed by atoms with Crippen molar-refractivity contribution >= 4 is 17.7 Å². The van der Waals surface area contributed by atoms with Gasteiger partial charge in [-0.3, -0.25) is 4.79 Å². The lowest BCUT2D eigenvalue weighted by molar-refractivity contribution is -0.135. The van der Waals surface area contributed by atoms with Crippen molar-refractivity contribution in [2.24, 2.45) is 0 Å². The Morgan fingerprint density at radius 3 is 3.00 bits per heavy atom. The van der Waals surface area contributed by atoms with E-state index in [1.165, 1.54) is 5.75 Å². The summed E-state index contributed by atoms with van der Waals surface area (Å²) in [5, 5.41) is 3.30. The minimum Gasteiger partial charge on any atom is -0.383 e. The molecule has 2 heterocycles. The molecular weight excluding hydrogens is 236 g/mol. The van der Waals surface area contributed by atoms with Gasteiger partial charge in [0.05, 0.1) is 12.6 Å². The topological polar surface area (TPSA) is 41.6 Å². The van der Waals surface area contributed by atoms with E-state index in [9.17, 15) is 4.79 Å². The number of rotatable bonds is 5. The molecule has 1 unspecified atom stereocenters. The molecule has 0 aliphatic carbocycles. The monoisotopic (exact) mass is 258 g/mol. The van der Waals surface area contributed by atoms with Crippen molar-refractivity contribution in [3.05, 3.63) is 0 Å². The van der Waals surface area contributed by atoms with Gasteiger partial charge in [-0.2, -0.15) is 11.8 Å². The molecule has 2 fully saturated rings. The Morgan fingerprint density at radius 1 is 1.53 bits per heavy atom. The van der Waals surface area contributed by atoms with Gasteiger partial charge in [0.1, 0.15) is 0 Å². The van der Waals surface area contributed by atoms with Gasteiger partial charge in [-0.05, 0) is 31.6 Å². The van der Waals surface area contributed by atoms with Crippen molar-refractivity contribution in [1.82, 2.24) is 10.2 Å². The molecule has 0 bridgehead atoms. The maximum Gasteiger partial charge on any atom is 0.240 e. The summed E-state index contributed by atoms with van der Waals surface area (Å²) in [6.45, 7) is 2.35. The largest absolute Gasteiger partial charge is 0.383 e. The number of ether oxygens (including phenoxy) is 1. The zero-order valence-electron chi connectivity index (χ0n) is 10.5. The Balaban J connectivity index is 1.94. The summed E-state index contributed by atoms with van der Waals surface area (Å²) < 4.78 is 5.12. The summed E-state index contributed by atoms with van der Waals surface area (Å²) in [6.07, 6.45) is 3.24. The van der Waals surface area contributed by atoms with Crippen LogP contribution >= 0.6 is 11.8 Å². The van der Waals surface area contributed by atoms with Crippen molar-refractivity contribution in [3.8, 4) is 0 Å². The molecule has 2 aliphatic rings. The number of amides is 1. The van der Waals surface area contributed by atoms with Gasteiger partial charge < -0.3 is 15.0 Å². The second kappa shape index (κ2) is 6.61. The zero-order chi connectivity index (χ0) is 12.1. The maximum absolute atomic E-state index is 12.4. The van der Waals surface area contributed by atoms with Crippen LogP contribution in [0.4, 0.5) is 0 Å². The Bertz CT molecular complexity index is 251. The summed E-state index contributed by atoms with van der Waals surface area (Å²) in [5.74, 6) is 2.55. The van der Waals surface area contributed by atoms with Crippen LogP contribution in [0.15, 0.2) is 0 Å². The summed E-state index contributed by atoms with van der Waals surface area (Å²) in [7, 11) is 1.69. The van der Waals surface area contributed by atoms with E-state index in [0.717, 1.165) is 38.1 Å². The normalized spacial score (nSPS) is 28.5. The molecule has 1 amide bonds. The Labute approximate surface area is 107 Å². The van der Waals surface area contributed by atoms with Crippen LogP contribution in [0.2, 0.25) is 0 Å². The smallest absolute Gasteiger partial charge is 0.240 e. The number of carbonyl (C=O) groups excluding carboxylic acids is 1. The van der Waals surface area contributed by atoms with Crippen LogP contribution in [0.1, 0.15) is 19.3 Å². The molecule has 0 saturated carbocycles. The highest BCUT2D eigenvalue weighted by molar-refractivity contribution is 7.99. The minimum atomic E-state index is 0.0532. The van der Waals surface area contributed by atoms with Crippen molar-refractivity contribution in [2.45, 2.75) is 31.3 Å². The SMILES string of the molecule is COCCN(C(=O)[C@H]1CCCN1)C1CCSC1. The van der Waals surface area contributed by atoms with E-state index in [1.54, 1.807) is 7.11 Å². The molecule has 4 nitrogen and oxygen atoms in total. The fourth-order valence-electron chi connectivity index (χ4n) is 2.53. The molecule has 17 heavy (non-hydrogen) atoms. The predicted molar refractivity (Wildman–Crippen MR) is 70.3 cm³/mol. The molecule has 0 radical (unpaired) electrons. The average molecular weight is 258 g/mol. The van der Waals surface area contributed by atoms with E-state index in [-0.39, 0.29) is 11.9 Å². The number of methoxy groups -OCH3 is 1. The standard InChI is InChI=1S/C12H22N2O2S/c1-16-7-6-14(10-4-8-17-9-10)12(15)11-3-2-5-13-11/h10-11,13H,2-9H2,1H3/t10?,11-/m1/s1. The second-order valence-electron chi connectivity index (χ2n) is 4.69. The minimum absolute atomic E-state index is 0.0532. The summed E-state index contributed by atoms with van der Waals surface area (Å²) in [5.41, 5.74) is 0. The molecule has 0 aromatic rings. The number of hydrogen-bond donors (Lipinski definition) is 1. The highest BCUT2D eigenvalue weighted by atomic mass is 32.2. The Hall–Kier alpha value is -0.260. The van der Waals surface area contributed by atoms with E-state index < -0.39 is 0 Å². The molecule has 5 heteroatoms. The number of thioether (sulfide) groups is 1. The summed E-state index contributed by atoms with van der Waals surface area (Å²) in [6, 6.07) is 0.475. The molecule has 2 rings (SSSR count). The third-order valence-electron chi connectivity index (χ3n) is 3.52. The van der Waals surface area contributed by atoms with Gasteiger partial charge in [0.25, 0.3) is 0 Å². The quantitative estimate of drug-likeness (QED) is 0.789. The molecule has 2 aliphatic heterocycles. The van der Waals surface area contributed by atoms with Gasteiger partial charge >= 0.3 is 0 Å².